The first-order valence-electron chi connectivity index (χ1n) is 6.42. The fourth-order valence-corrected chi connectivity index (χ4v) is 2.12. The molecule has 5 heteroatoms. The van der Waals surface area contributed by atoms with Crippen LogP contribution >= 0.6 is 0 Å². The minimum absolute atomic E-state index is 0. The van der Waals surface area contributed by atoms with Crippen LogP contribution in [0.3, 0.4) is 0 Å². The maximum absolute atomic E-state index is 4.35. The van der Waals surface area contributed by atoms with E-state index < -0.39 is 0 Å². The quantitative estimate of drug-likeness (QED) is 0.398. The van der Waals surface area contributed by atoms with Gasteiger partial charge in [0.1, 0.15) is 0 Å². The second kappa shape index (κ2) is 8.30. The summed E-state index contributed by atoms with van der Waals surface area (Å²) in [4.78, 5) is 8.37. The summed E-state index contributed by atoms with van der Waals surface area (Å²) in [7, 11) is 1.93. The molecule has 3 rings (SSSR count). The molecule has 0 amide bonds. The molecule has 3 aromatic rings. The van der Waals surface area contributed by atoms with Gasteiger partial charge in [-0.05, 0) is 0 Å². The van der Waals surface area contributed by atoms with Gasteiger partial charge in [0.05, 0.1) is 7.05 Å². The molecule has 0 aliphatic carbocycles. The molecule has 0 saturated carbocycles. The molecule has 2 aromatic carbocycles. The molecule has 0 atom stereocenters. The minimum Gasteiger partial charge on any atom is -0.269 e. The first kappa shape index (κ1) is 18.7. The van der Waals surface area contributed by atoms with Gasteiger partial charge in [-0.1, -0.05) is 17.5 Å². The summed E-state index contributed by atoms with van der Waals surface area (Å²) in [6.45, 7) is 2.06. The zero-order chi connectivity index (χ0) is 13.9. The van der Waals surface area contributed by atoms with Gasteiger partial charge >= 0.3 is 0 Å². The van der Waals surface area contributed by atoms with Crippen molar-refractivity contribution >= 4 is 8.41 Å². The molecule has 0 saturated heterocycles. The van der Waals surface area contributed by atoms with Crippen LogP contribution in [-0.4, -0.2) is 18.4 Å². The van der Waals surface area contributed by atoms with Gasteiger partial charge in [-0.2, -0.15) is 42.0 Å². The Kier molecular flexibility index (Phi) is 7.05. The van der Waals surface area contributed by atoms with Gasteiger partial charge in [-0.15, -0.1) is 22.7 Å². The number of aryl methyl sites for hydroxylation is 2. The number of benzene rings is 2. The second-order valence-electron chi connectivity index (χ2n) is 4.65. The first-order valence-corrected chi connectivity index (χ1v) is 6.42. The van der Waals surface area contributed by atoms with Crippen LogP contribution in [-0.2, 0) is 39.8 Å². The molecule has 0 fully saturated rings. The molecule has 1 aromatic heterocycles. The Morgan fingerprint density at radius 1 is 1.09 bits per heavy atom. The van der Waals surface area contributed by atoms with Gasteiger partial charge in [0, 0.05) is 41.1 Å². The fourth-order valence-electron chi connectivity index (χ4n) is 2.12. The van der Waals surface area contributed by atoms with Crippen molar-refractivity contribution in [3.63, 3.8) is 0 Å². The summed E-state index contributed by atoms with van der Waals surface area (Å²) in [5, 5.41) is 0. The van der Waals surface area contributed by atoms with E-state index in [1.807, 2.05) is 35.9 Å². The van der Waals surface area contributed by atoms with Crippen molar-refractivity contribution in [3.05, 3.63) is 66.7 Å². The van der Waals surface area contributed by atoms with Crippen LogP contribution in [0.15, 0.2) is 49.1 Å². The second-order valence-corrected chi connectivity index (χ2v) is 4.65. The van der Waals surface area contributed by atoms with Crippen LogP contribution in [0.5, 0.6) is 0 Å². The fraction of sp³-hybridized carbons (Fsp3) is 0.118. The van der Waals surface area contributed by atoms with E-state index in [1.54, 1.807) is 12.7 Å². The van der Waals surface area contributed by atoms with E-state index >= 15 is 0 Å². The average Bonchev–Trinajstić information content (AvgIpc) is 2.49. The maximum atomic E-state index is 4.35. The average molecular weight is 360 g/mol. The third kappa shape index (κ3) is 3.88. The Morgan fingerprint density at radius 2 is 1.91 bits per heavy atom. The zero-order valence-electron chi connectivity index (χ0n) is 12.6. The Bertz CT molecular complexity index is 748. The van der Waals surface area contributed by atoms with Crippen molar-refractivity contribution in [1.29, 1.82) is 0 Å². The van der Waals surface area contributed by atoms with Crippen LogP contribution in [0.25, 0.3) is 22.5 Å². The van der Waals surface area contributed by atoms with Crippen LogP contribution in [0, 0.1) is 19.1 Å². The van der Waals surface area contributed by atoms with Crippen molar-refractivity contribution in [2.24, 2.45) is 7.05 Å². The molecule has 22 heavy (non-hydrogen) atoms. The largest absolute Gasteiger partial charge is 0.269 e. The Morgan fingerprint density at radius 3 is 2.59 bits per heavy atom. The summed E-state index contributed by atoms with van der Waals surface area (Å²) in [6, 6.07) is 18.7. The molecule has 0 spiro atoms. The summed E-state index contributed by atoms with van der Waals surface area (Å²) >= 11 is 0. The monoisotopic (exact) mass is 360 g/mol. The van der Waals surface area contributed by atoms with Crippen molar-refractivity contribution in [1.82, 2.24) is 9.97 Å². The van der Waals surface area contributed by atoms with Crippen molar-refractivity contribution in [2.45, 2.75) is 6.92 Å². The van der Waals surface area contributed by atoms with Gasteiger partial charge in [0.15, 0.2) is 0 Å². The minimum atomic E-state index is 0. The Hall–Kier alpha value is -1.38. The van der Waals surface area contributed by atoms with Crippen LogP contribution in [0.4, 0.5) is 0 Å². The Labute approximate surface area is 158 Å². The number of hydrogen-bond acceptors (Lipinski definition) is 2. The van der Waals surface area contributed by atoms with E-state index in [2.05, 4.69) is 41.2 Å². The summed E-state index contributed by atoms with van der Waals surface area (Å²) < 4.78 is 1.90. The molecule has 104 valence electrons. The number of rotatable bonds is 2. The topological polar surface area (TPSA) is 29.7 Å². The molecule has 0 unspecified atom stereocenters. The summed E-state index contributed by atoms with van der Waals surface area (Å²) in [6.07, 6.45) is 3.31. The van der Waals surface area contributed by atoms with Gasteiger partial charge in [-0.3, -0.25) is 4.57 Å². The van der Waals surface area contributed by atoms with E-state index in [0.717, 1.165) is 28.1 Å². The van der Waals surface area contributed by atoms with Crippen LogP contribution in [0.1, 0.15) is 5.56 Å². The molecule has 1 heterocycles. The number of aromatic nitrogens is 3. The van der Waals surface area contributed by atoms with E-state index in [9.17, 15) is 0 Å². The third-order valence-corrected chi connectivity index (χ3v) is 3.20. The number of hydrogen-bond donors (Lipinski definition) is 0. The molecule has 0 aliphatic heterocycles. The van der Waals surface area contributed by atoms with Crippen molar-refractivity contribution < 1.29 is 37.3 Å². The zero-order valence-corrected chi connectivity index (χ0v) is 15.5. The third-order valence-electron chi connectivity index (χ3n) is 3.20. The van der Waals surface area contributed by atoms with E-state index in [0.29, 0.717) is 0 Å². The van der Waals surface area contributed by atoms with Crippen LogP contribution < -0.4 is 4.57 Å². The predicted molar refractivity (Wildman–Crippen MR) is 82.2 cm³/mol. The van der Waals surface area contributed by atoms with Crippen molar-refractivity contribution in [3.8, 4) is 22.5 Å². The first-order chi connectivity index (χ1) is 9.75. The predicted octanol–water partition coefficient (Wildman–Crippen LogP) is 2.16. The normalized spacial score (nSPS) is 9.55. The summed E-state index contributed by atoms with van der Waals surface area (Å²) in [5.74, 6) is 0.857. The molecule has 4 radical (unpaired) electrons. The van der Waals surface area contributed by atoms with E-state index in [-0.39, 0.29) is 41.1 Å². The summed E-state index contributed by atoms with van der Waals surface area (Å²) in [5.41, 5.74) is 4.18. The van der Waals surface area contributed by atoms with Crippen molar-refractivity contribution in [2.75, 3.05) is 0 Å². The van der Waals surface area contributed by atoms with Crippen LogP contribution in [0.2, 0.25) is 0 Å². The van der Waals surface area contributed by atoms with Gasteiger partial charge in [0.2, 0.25) is 12.2 Å². The molecular formula is C17H14BN3Y-. The number of nitrogens with zero attached hydrogens (tertiary/aromatic N) is 3. The van der Waals surface area contributed by atoms with E-state index in [4.69, 9.17) is 0 Å². The smallest absolute Gasteiger partial charge is 0.255 e. The van der Waals surface area contributed by atoms with Gasteiger partial charge in [0.25, 0.3) is 6.33 Å². The van der Waals surface area contributed by atoms with Gasteiger partial charge in [-0.25, -0.2) is 5.56 Å². The maximum Gasteiger partial charge on any atom is 0.255 e. The molecular weight excluding hydrogens is 346 g/mol. The molecule has 3 nitrogen and oxygen atoms in total. The molecule has 0 bridgehead atoms. The molecule has 0 N–H and O–H groups in total. The SMILES string of the molecule is Cc1ccc(-c2[c-]cccc2)[c-]c1-c1ncnc[n+]1C.[B].[Y]. The van der Waals surface area contributed by atoms with Gasteiger partial charge < -0.3 is 0 Å². The standard InChI is InChI=1S/C17H14N3.B.Y/c1-13-8-9-15(14-6-4-3-5-7-14)10-16(13)17-19-11-18-12-20(17)2;;/h3-6,8-9,11-12H,1-2H3;;/q-1;;. The Balaban J connectivity index is 0.00000121. The molecule has 0 aliphatic rings. The van der Waals surface area contributed by atoms with E-state index in [1.165, 1.54) is 0 Å².